The normalized spacial score (nSPS) is 10.5. The van der Waals surface area contributed by atoms with Gasteiger partial charge in [0.2, 0.25) is 0 Å². The molecule has 0 atom stereocenters. The Morgan fingerprint density at radius 3 is 2.78 bits per heavy atom. The number of nitrogens with one attached hydrogen (secondary N) is 1. The number of aryl methyl sites for hydroxylation is 1. The van der Waals surface area contributed by atoms with Crippen molar-refractivity contribution in [2.45, 2.75) is 13.5 Å². The molecule has 0 saturated carbocycles. The first kappa shape index (κ1) is 14.8. The van der Waals surface area contributed by atoms with Gasteiger partial charge in [-0.25, -0.2) is 9.97 Å². The number of rotatable bonds is 4. The molecule has 0 fully saturated rings. The maximum atomic E-state index is 12.0. The lowest BCUT2D eigenvalue weighted by Gasteiger charge is -2.07. The molecule has 23 heavy (non-hydrogen) atoms. The van der Waals surface area contributed by atoms with Gasteiger partial charge in [-0.15, -0.1) is 0 Å². The zero-order valence-electron chi connectivity index (χ0n) is 12.6. The third-order valence-electron chi connectivity index (χ3n) is 3.44. The van der Waals surface area contributed by atoms with Crippen molar-refractivity contribution in [2.24, 2.45) is 0 Å². The summed E-state index contributed by atoms with van der Waals surface area (Å²) in [6.07, 6.45) is 5.29. The van der Waals surface area contributed by atoms with E-state index in [1.807, 2.05) is 29.8 Å². The molecule has 1 amide bonds. The monoisotopic (exact) mass is 308 g/mol. The number of aromatic nitrogens is 3. The average Bonchev–Trinajstić information content (AvgIpc) is 2.99. The van der Waals surface area contributed by atoms with Gasteiger partial charge < -0.3 is 10.4 Å². The van der Waals surface area contributed by atoms with E-state index in [9.17, 15) is 9.90 Å². The second-order valence-corrected chi connectivity index (χ2v) is 5.10. The number of pyridine rings is 1. The zero-order chi connectivity index (χ0) is 16.2. The van der Waals surface area contributed by atoms with Crippen LogP contribution < -0.4 is 5.32 Å². The highest BCUT2D eigenvalue weighted by molar-refractivity contribution is 5.94. The molecule has 0 aliphatic carbocycles. The van der Waals surface area contributed by atoms with Gasteiger partial charge in [-0.2, -0.15) is 0 Å². The molecular formula is C17H16N4O2. The molecule has 2 heterocycles. The summed E-state index contributed by atoms with van der Waals surface area (Å²) in [5, 5.41) is 12.2. The SMILES string of the molecule is Cc1nccn1-c1ccc(CNC(=O)c2cccc(O)c2)cn1. The quantitative estimate of drug-likeness (QED) is 0.774. The van der Waals surface area contributed by atoms with Crippen LogP contribution in [0.25, 0.3) is 5.82 Å². The van der Waals surface area contributed by atoms with Gasteiger partial charge >= 0.3 is 0 Å². The third kappa shape index (κ3) is 3.37. The minimum atomic E-state index is -0.240. The summed E-state index contributed by atoms with van der Waals surface area (Å²) in [7, 11) is 0. The number of imidazole rings is 1. The zero-order valence-corrected chi connectivity index (χ0v) is 12.6. The number of nitrogens with zero attached hydrogens (tertiary/aromatic N) is 3. The fraction of sp³-hybridized carbons (Fsp3) is 0.118. The molecule has 0 aliphatic rings. The second kappa shape index (κ2) is 6.31. The lowest BCUT2D eigenvalue weighted by Crippen LogP contribution is -2.22. The van der Waals surface area contributed by atoms with E-state index in [0.29, 0.717) is 12.1 Å². The summed E-state index contributed by atoms with van der Waals surface area (Å²) >= 11 is 0. The second-order valence-electron chi connectivity index (χ2n) is 5.10. The Morgan fingerprint density at radius 2 is 2.13 bits per heavy atom. The number of amides is 1. The number of hydrogen-bond donors (Lipinski definition) is 2. The maximum Gasteiger partial charge on any atom is 0.251 e. The number of carbonyl (C=O) groups excluding carboxylic acids is 1. The van der Waals surface area contributed by atoms with Crippen LogP contribution in [0.1, 0.15) is 21.7 Å². The summed E-state index contributed by atoms with van der Waals surface area (Å²) in [6, 6.07) is 10.0. The van der Waals surface area contributed by atoms with E-state index in [0.717, 1.165) is 17.2 Å². The molecule has 2 aromatic heterocycles. The largest absolute Gasteiger partial charge is 0.508 e. The van der Waals surface area contributed by atoms with Crippen LogP contribution in [0.3, 0.4) is 0 Å². The summed E-state index contributed by atoms with van der Waals surface area (Å²) in [5.41, 5.74) is 1.31. The summed E-state index contributed by atoms with van der Waals surface area (Å²) < 4.78 is 1.88. The van der Waals surface area contributed by atoms with Crippen LogP contribution in [0.5, 0.6) is 5.75 Å². The standard InChI is InChI=1S/C17H16N4O2/c1-12-18-7-8-21(12)16-6-5-13(10-19-16)11-20-17(23)14-3-2-4-15(22)9-14/h2-10,22H,11H2,1H3,(H,20,23). The van der Waals surface area contributed by atoms with Crippen LogP contribution in [-0.4, -0.2) is 25.5 Å². The smallest absolute Gasteiger partial charge is 0.251 e. The van der Waals surface area contributed by atoms with Gasteiger partial charge in [0.05, 0.1) is 0 Å². The molecule has 0 saturated heterocycles. The van der Waals surface area contributed by atoms with Crippen LogP contribution in [0, 0.1) is 6.92 Å². The minimum absolute atomic E-state index is 0.0689. The maximum absolute atomic E-state index is 12.0. The molecule has 3 aromatic rings. The average molecular weight is 308 g/mol. The number of benzene rings is 1. The van der Waals surface area contributed by atoms with Crippen molar-refractivity contribution >= 4 is 5.91 Å². The third-order valence-corrected chi connectivity index (χ3v) is 3.44. The highest BCUT2D eigenvalue weighted by Crippen LogP contribution is 2.11. The first-order valence-electron chi connectivity index (χ1n) is 7.16. The first-order chi connectivity index (χ1) is 11.1. The number of aromatic hydroxyl groups is 1. The Kier molecular flexibility index (Phi) is 4.05. The molecular weight excluding hydrogens is 292 g/mol. The molecule has 0 unspecified atom stereocenters. The molecule has 6 heteroatoms. The molecule has 0 radical (unpaired) electrons. The Morgan fingerprint density at radius 1 is 1.26 bits per heavy atom. The van der Waals surface area contributed by atoms with Crippen molar-refractivity contribution in [3.05, 3.63) is 71.9 Å². The van der Waals surface area contributed by atoms with E-state index in [1.165, 1.54) is 12.1 Å². The fourth-order valence-corrected chi connectivity index (χ4v) is 2.22. The minimum Gasteiger partial charge on any atom is -0.508 e. The lowest BCUT2D eigenvalue weighted by molar-refractivity contribution is 0.0950. The van der Waals surface area contributed by atoms with Gasteiger partial charge in [-0.1, -0.05) is 12.1 Å². The van der Waals surface area contributed by atoms with Crippen molar-refractivity contribution in [2.75, 3.05) is 0 Å². The van der Waals surface area contributed by atoms with Crippen molar-refractivity contribution in [1.29, 1.82) is 0 Å². The molecule has 2 N–H and O–H groups in total. The van der Waals surface area contributed by atoms with Gasteiger partial charge in [-0.3, -0.25) is 9.36 Å². The first-order valence-corrected chi connectivity index (χ1v) is 7.16. The Labute approximate surface area is 133 Å². The van der Waals surface area contributed by atoms with Crippen LogP contribution in [0.15, 0.2) is 55.0 Å². The molecule has 0 bridgehead atoms. The number of carbonyl (C=O) groups is 1. The van der Waals surface area contributed by atoms with Gasteiger partial charge in [0.15, 0.2) is 0 Å². The molecule has 6 nitrogen and oxygen atoms in total. The van der Waals surface area contributed by atoms with Crippen molar-refractivity contribution < 1.29 is 9.90 Å². The number of hydrogen-bond acceptors (Lipinski definition) is 4. The van der Waals surface area contributed by atoms with Crippen molar-refractivity contribution in [3.63, 3.8) is 0 Å². The lowest BCUT2D eigenvalue weighted by atomic mass is 10.2. The van der Waals surface area contributed by atoms with Gasteiger partial charge in [0, 0.05) is 30.7 Å². The molecule has 1 aromatic carbocycles. The summed E-state index contributed by atoms with van der Waals surface area (Å²) in [5.74, 6) is 1.47. The number of phenols is 1. The Balaban J connectivity index is 1.65. The van der Waals surface area contributed by atoms with E-state index in [-0.39, 0.29) is 11.7 Å². The Bertz CT molecular complexity index is 825. The topological polar surface area (TPSA) is 80.0 Å². The predicted octanol–water partition coefficient (Wildman–Crippen LogP) is 2.21. The van der Waals surface area contributed by atoms with E-state index < -0.39 is 0 Å². The number of phenolic OH excluding ortho intramolecular Hbond substituents is 1. The Hall–Kier alpha value is -3.15. The van der Waals surface area contributed by atoms with Crippen LogP contribution in [-0.2, 0) is 6.54 Å². The molecule has 0 spiro atoms. The van der Waals surface area contributed by atoms with Gasteiger partial charge in [0.1, 0.15) is 17.4 Å². The van der Waals surface area contributed by atoms with Crippen molar-refractivity contribution in [1.82, 2.24) is 19.9 Å². The molecule has 0 aliphatic heterocycles. The predicted molar refractivity (Wildman–Crippen MR) is 85.4 cm³/mol. The fourth-order valence-electron chi connectivity index (χ4n) is 2.22. The van der Waals surface area contributed by atoms with Gasteiger partial charge in [-0.05, 0) is 36.8 Å². The summed E-state index contributed by atoms with van der Waals surface area (Å²) in [4.78, 5) is 20.6. The van der Waals surface area contributed by atoms with Crippen molar-refractivity contribution in [3.8, 4) is 11.6 Å². The molecule has 3 rings (SSSR count). The van der Waals surface area contributed by atoms with E-state index in [1.54, 1.807) is 24.5 Å². The van der Waals surface area contributed by atoms with Crippen LogP contribution in [0.2, 0.25) is 0 Å². The van der Waals surface area contributed by atoms with E-state index in [4.69, 9.17) is 0 Å². The van der Waals surface area contributed by atoms with Crippen LogP contribution >= 0.6 is 0 Å². The summed E-state index contributed by atoms with van der Waals surface area (Å²) in [6.45, 7) is 2.27. The van der Waals surface area contributed by atoms with E-state index >= 15 is 0 Å². The molecule has 116 valence electrons. The highest BCUT2D eigenvalue weighted by atomic mass is 16.3. The van der Waals surface area contributed by atoms with E-state index in [2.05, 4.69) is 15.3 Å². The van der Waals surface area contributed by atoms with Gasteiger partial charge in [0.25, 0.3) is 5.91 Å². The van der Waals surface area contributed by atoms with Crippen LogP contribution in [0.4, 0.5) is 0 Å². The highest BCUT2D eigenvalue weighted by Gasteiger charge is 2.06.